The molecule has 5 rings (SSSR count). The molecule has 0 radical (unpaired) electrons. The molecule has 0 saturated carbocycles. The molecule has 0 atom stereocenters. The van der Waals surface area contributed by atoms with Crippen molar-refractivity contribution in [1.82, 2.24) is 15.0 Å². The number of aromatic nitrogens is 3. The summed E-state index contributed by atoms with van der Waals surface area (Å²) in [6, 6.07) is 15.4. The first kappa shape index (κ1) is 28.5. The fourth-order valence-electron chi connectivity index (χ4n) is 4.38. The topological polar surface area (TPSA) is 153 Å². The van der Waals surface area contributed by atoms with Gasteiger partial charge in [0.15, 0.2) is 0 Å². The summed E-state index contributed by atoms with van der Waals surface area (Å²) < 4.78 is 62.6. The van der Waals surface area contributed by atoms with Crippen molar-refractivity contribution in [2.45, 2.75) is 4.90 Å². The van der Waals surface area contributed by atoms with Crippen LogP contribution in [0.4, 0.5) is 17.5 Å². The number of hydrogen-bond acceptors (Lipinski definition) is 11. The predicted molar refractivity (Wildman–Crippen MR) is 158 cm³/mol. The van der Waals surface area contributed by atoms with E-state index < -0.39 is 19.9 Å². The number of sulfonamides is 1. The zero-order valence-electron chi connectivity index (χ0n) is 22.6. The van der Waals surface area contributed by atoms with Crippen LogP contribution >= 0.6 is 0 Å². The molecular formula is C27H30N6O6S2. The van der Waals surface area contributed by atoms with Crippen LogP contribution in [0.25, 0.3) is 22.0 Å². The first-order valence-electron chi connectivity index (χ1n) is 12.8. The van der Waals surface area contributed by atoms with Crippen LogP contribution in [-0.2, 0) is 24.6 Å². The van der Waals surface area contributed by atoms with Crippen LogP contribution in [-0.4, -0.2) is 83.8 Å². The van der Waals surface area contributed by atoms with E-state index in [1.165, 1.54) is 25.5 Å². The van der Waals surface area contributed by atoms with Gasteiger partial charge in [-0.25, -0.2) is 26.8 Å². The van der Waals surface area contributed by atoms with E-state index in [0.29, 0.717) is 49.1 Å². The van der Waals surface area contributed by atoms with Crippen molar-refractivity contribution in [2.75, 3.05) is 66.9 Å². The van der Waals surface area contributed by atoms with E-state index in [0.717, 1.165) is 10.9 Å². The number of ether oxygens (including phenoxy) is 2. The molecule has 1 saturated heterocycles. The lowest BCUT2D eigenvalue weighted by Crippen LogP contribution is -2.37. The van der Waals surface area contributed by atoms with Crippen molar-refractivity contribution in [3.8, 4) is 17.0 Å². The quantitative estimate of drug-likeness (QED) is 0.277. The van der Waals surface area contributed by atoms with Gasteiger partial charge in [-0.2, -0.15) is 4.98 Å². The van der Waals surface area contributed by atoms with Crippen LogP contribution in [0.1, 0.15) is 0 Å². The van der Waals surface area contributed by atoms with E-state index in [1.807, 2.05) is 18.2 Å². The normalized spacial score (nSPS) is 14.1. The molecule has 0 bridgehead atoms. The van der Waals surface area contributed by atoms with E-state index in [9.17, 15) is 16.8 Å². The monoisotopic (exact) mass is 598 g/mol. The second-order valence-corrected chi connectivity index (χ2v) is 13.4. The van der Waals surface area contributed by atoms with Gasteiger partial charge in [-0.1, -0.05) is 24.3 Å². The lowest BCUT2D eigenvalue weighted by molar-refractivity contribution is 0.122. The maximum Gasteiger partial charge on any atom is 0.262 e. The third kappa shape index (κ3) is 6.84. The maximum absolute atomic E-state index is 13.0. The lowest BCUT2D eigenvalue weighted by atomic mass is 10.0. The fraction of sp³-hybridized carbons (Fsp3) is 0.296. The summed E-state index contributed by atoms with van der Waals surface area (Å²) in [7, 11) is -5.60. The van der Waals surface area contributed by atoms with Gasteiger partial charge in [-0.15, -0.1) is 0 Å². The van der Waals surface area contributed by atoms with E-state index in [1.54, 1.807) is 30.5 Å². The third-order valence-corrected chi connectivity index (χ3v) is 8.74. The summed E-state index contributed by atoms with van der Waals surface area (Å²) >= 11 is 0. The van der Waals surface area contributed by atoms with Gasteiger partial charge in [-0.3, -0.25) is 4.72 Å². The summed E-state index contributed by atoms with van der Waals surface area (Å²) in [6.45, 7) is 2.55. The number of pyridine rings is 1. The van der Waals surface area contributed by atoms with Crippen LogP contribution in [0, 0.1) is 0 Å². The molecule has 1 aliphatic heterocycles. The van der Waals surface area contributed by atoms with E-state index >= 15 is 0 Å². The Morgan fingerprint density at radius 3 is 2.44 bits per heavy atom. The minimum atomic E-state index is -3.88. The fourth-order valence-corrected chi connectivity index (χ4v) is 5.93. The SMILES string of the molecule is COc1ncc(-c2ccc3nc(NCCS(C)(=O)=O)nc(N4CCOCC4)c3c2)cc1NS(=O)(=O)c1ccccc1. The molecular weight excluding hydrogens is 568 g/mol. The second kappa shape index (κ2) is 11.8. The molecule has 2 aromatic carbocycles. The predicted octanol–water partition coefficient (Wildman–Crippen LogP) is 2.79. The summed E-state index contributed by atoms with van der Waals surface area (Å²) in [6.07, 6.45) is 2.79. The Kier molecular flexibility index (Phi) is 8.24. The Balaban J connectivity index is 1.53. The van der Waals surface area contributed by atoms with E-state index in [4.69, 9.17) is 14.5 Å². The van der Waals surface area contributed by atoms with Gasteiger partial charge in [0.1, 0.15) is 21.3 Å². The number of rotatable bonds is 10. The lowest BCUT2D eigenvalue weighted by Gasteiger charge is -2.29. The molecule has 4 aromatic rings. The molecule has 1 aliphatic rings. The molecule has 0 amide bonds. The molecule has 2 N–H and O–H groups in total. The smallest absolute Gasteiger partial charge is 0.262 e. The van der Waals surface area contributed by atoms with Crippen molar-refractivity contribution >= 4 is 48.2 Å². The molecule has 12 nitrogen and oxygen atoms in total. The van der Waals surface area contributed by atoms with Crippen LogP contribution < -0.4 is 19.7 Å². The van der Waals surface area contributed by atoms with Crippen molar-refractivity contribution in [1.29, 1.82) is 0 Å². The first-order chi connectivity index (χ1) is 19.6. The second-order valence-electron chi connectivity index (χ2n) is 9.46. The first-order valence-corrected chi connectivity index (χ1v) is 16.4. The van der Waals surface area contributed by atoms with Gasteiger partial charge in [0, 0.05) is 43.0 Å². The Bertz CT molecular complexity index is 1760. The summed E-state index contributed by atoms with van der Waals surface area (Å²) in [4.78, 5) is 15.9. The van der Waals surface area contributed by atoms with Gasteiger partial charge < -0.3 is 19.7 Å². The third-order valence-electron chi connectivity index (χ3n) is 6.42. The molecule has 1 fully saturated rings. The van der Waals surface area contributed by atoms with Gasteiger partial charge >= 0.3 is 0 Å². The van der Waals surface area contributed by atoms with Gasteiger partial charge in [0.25, 0.3) is 10.0 Å². The molecule has 41 heavy (non-hydrogen) atoms. The number of benzene rings is 2. The highest BCUT2D eigenvalue weighted by molar-refractivity contribution is 7.92. The highest BCUT2D eigenvalue weighted by atomic mass is 32.2. The molecule has 0 unspecified atom stereocenters. The minimum absolute atomic E-state index is 0.0406. The number of hydrogen-bond donors (Lipinski definition) is 2. The average molecular weight is 599 g/mol. The van der Waals surface area contributed by atoms with E-state index in [-0.39, 0.29) is 28.8 Å². The molecule has 2 aromatic heterocycles. The summed E-state index contributed by atoms with van der Waals surface area (Å²) in [5.41, 5.74) is 2.29. The number of sulfone groups is 1. The van der Waals surface area contributed by atoms with Gasteiger partial charge in [0.2, 0.25) is 11.8 Å². The number of methoxy groups -OCH3 is 1. The van der Waals surface area contributed by atoms with Crippen LogP contribution in [0.3, 0.4) is 0 Å². The van der Waals surface area contributed by atoms with Crippen LogP contribution in [0.5, 0.6) is 5.88 Å². The van der Waals surface area contributed by atoms with Gasteiger partial charge in [0.05, 0.1) is 36.5 Å². The summed E-state index contributed by atoms with van der Waals surface area (Å²) in [5.74, 6) is 1.12. The van der Waals surface area contributed by atoms with Crippen LogP contribution in [0.15, 0.2) is 65.7 Å². The molecule has 216 valence electrons. The maximum atomic E-state index is 13.0. The highest BCUT2D eigenvalue weighted by Crippen LogP contribution is 2.34. The molecule has 0 spiro atoms. The zero-order chi connectivity index (χ0) is 29.0. The standard InChI is InChI=1S/C27H30N6O6S2/c1-38-26-24(32-41(36,37)21-6-4-3-5-7-21)17-20(18-29-26)19-8-9-23-22(16-19)25(33-11-13-39-14-12-33)31-27(30-23)28-10-15-40(2,34)35/h3-9,16-18,32H,10-15H2,1-2H3,(H,28,30,31). The number of fused-ring (bicyclic) bond motifs is 1. The molecule has 3 heterocycles. The van der Waals surface area contributed by atoms with Crippen molar-refractivity contribution in [3.63, 3.8) is 0 Å². The van der Waals surface area contributed by atoms with Gasteiger partial charge in [-0.05, 0) is 35.9 Å². The average Bonchev–Trinajstić information content (AvgIpc) is 2.96. The Morgan fingerprint density at radius 1 is 0.976 bits per heavy atom. The van der Waals surface area contributed by atoms with Crippen LogP contribution in [0.2, 0.25) is 0 Å². The largest absolute Gasteiger partial charge is 0.480 e. The number of nitrogens with zero attached hydrogens (tertiary/aromatic N) is 4. The number of anilines is 3. The molecule has 14 heteroatoms. The van der Waals surface area contributed by atoms with Crippen molar-refractivity contribution in [3.05, 3.63) is 60.8 Å². The van der Waals surface area contributed by atoms with Crippen molar-refractivity contribution in [2.24, 2.45) is 0 Å². The van der Waals surface area contributed by atoms with Crippen molar-refractivity contribution < 1.29 is 26.3 Å². The number of nitrogens with one attached hydrogen (secondary N) is 2. The Hall–Kier alpha value is -4.01. The Labute approximate surface area is 238 Å². The molecule has 0 aliphatic carbocycles. The number of morpholine rings is 1. The Morgan fingerprint density at radius 2 is 1.73 bits per heavy atom. The minimum Gasteiger partial charge on any atom is -0.480 e. The highest BCUT2D eigenvalue weighted by Gasteiger charge is 2.20. The van der Waals surface area contributed by atoms with E-state index in [2.05, 4.69) is 24.9 Å². The zero-order valence-corrected chi connectivity index (χ0v) is 24.2. The summed E-state index contributed by atoms with van der Waals surface area (Å²) in [5, 5.41) is 3.80.